The van der Waals surface area contributed by atoms with E-state index in [1.165, 1.54) is 20.9 Å². The fraction of sp³-hybridized carbons (Fsp3) is 0.444. The molecule has 0 unspecified atom stereocenters. The summed E-state index contributed by atoms with van der Waals surface area (Å²) in [4.78, 5) is 42.3. The van der Waals surface area contributed by atoms with Crippen molar-refractivity contribution in [2.75, 3.05) is 24.8 Å². The second-order valence-corrected chi connectivity index (χ2v) is 7.56. The molecule has 3 heterocycles. The van der Waals surface area contributed by atoms with Crippen LogP contribution in [0.1, 0.15) is 46.8 Å². The molecule has 29 heavy (non-hydrogen) atoms. The number of aromatic hydroxyl groups is 1. The van der Waals surface area contributed by atoms with Crippen LogP contribution in [0.4, 0.5) is 0 Å². The van der Waals surface area contributed by atoms with Gasteiger partial charge in [0.2, 0.25) is 5.43 Å². The number of carbonyl (C=O) groups is 2. The largest absolute Gasteiger partial charge is 0.502 e. The summed E-state index contributed by atoms with van der Waals surface area (Å²) >= 11 is 1.41. The van der Waals surface area contributed by atoms with Gasteiger partial charge in [-0.15, -0.1) is 11.3 Å². The molecule has 0 aromatic carbocycles. The summed E-state index contributed by atoms with van der Waals surface area (Å²) in [5.41, 5.74) is 0.425. The highest BCUT2D eigenvalue weighted by Gasteiger charge is 2.34. The smallest absolute Gasteiger partial charge is 0.341 e. The van der Waals surface area contributed by atoms with Crippen LogP contribution in [0.2, 0.25) is 0 Å². The maximum atomic E-state index is 12.9. The fourth-order valence-corrected chi connectivity index (χ4v) is 3.57. The molecule has 2 aromatic heterocycles. The number of carboxylic acid groups (broad SMARTS) is 1. The number of fused-ring (bicyclic) bond motifs is 1. The summed E-state index contributed by atoms with van der Waals surface area (Å²) in [5.74, 6) is -2.90. The zero-order chi connectivity index (χ0) is 21.1. The molecule has 2 aromatic rings. The number of carbonyl (C=O) groups excluding carboxylic acids is 1. The Morgan fingerprint density at radius 1 is 1.38 bits per heavy atom. The van der Waals surface area contributed by atoms with Crippen LogP contribution in [0.25, 0.3) is 0 Å². The van der Waals surface area contributed by atoms with E-state index in [2.05, 4.69) is 4.98 Å². The van der Waals surface area contributed by atoms with E-state index in [1.54, 1.807) is 10.5 Å². The van der Waals surface area contributed by atoms with Gasteiger partial charge in [0, 0.05) is 24.7 Å². The van der Waals surface area contributed by atoms with E-state index in [0.717, 1.165) is 6.20 Å². The molecule has 10 nitrogen and oxygen atoms in total. The number of thiazole rings is 1. The van der Waals surface area contributed by atoms with Crippen molar-refractivity contribution in [3.8, 4) is 5.75 Å². The van der Waals surface area contributed by atoms with Gasteiger partial charge < -0.3 is 19.8 Å². The maximum Gasteiger partial charge on any atom is 0.341 e. The lowest BCUT2D eigenvalue weighted by Gasteiger charge is -2.39. The summed E-state index contributed by atoms with van der Waals surface area (Å²) in [7, 11) is 0. The third-order valence-corrected chi connectivity index (χ3v) is 5.01. The molecule has 0 radical (unpaired) electrons. The molecule has 2 N–H and O–H groups in total. The highest BCUT2D eigenvalue weighted by Crippen LogP contribution is 2.22. The second-order valence-electron chi connectivity index (χ2n) is 6.85. The summed E-state index contributed by atoms with van der Waals surface area (Å²) in [6, 6.07) is 0. The summed E-state index contributed by atoms with van der Waals surface area (Å²) in [6.45, 7) is 5.07. The van der Waals surface area contributed by atoms with Crippen molar-refractivity contribution in [1.29, 1.82) is 0 Å². The number of ether oxygens (including phenoxy) is 1. The molecule has 1 aliphatic rings. The monoisotopic (exact) mass is 422 g/mol. The van der Waals surface area contributed by atoms with Crippen LogP contribution in [0.15, 0.2) is 21.9 Å². The number of amides is 1. The number of aromatic nitrogens is 2. The van der Waals surface area contributed by atoms with Crippen molar-refractivity contribution >= 4 is 23.2 Å². The minimum absolute atomic E-state index is 0.0750. The van der Waals surface area contributed by atoms with Gasteiger partial charge in [0.25, 0.3) is 5.91 Å². The summed E-state index contributed by atoms with van der Waals surface area (Å²) in [6.07, 6.45) is 1.72. The lowest BCUT2D eigenvalue weighted by Crippen LogP contribution is -2.54. The molecule has 11 heteroatoms. The topological polar surface area (TPSA) is 125 Å². The van der Waals surface area contributed by atoms with Gasteiger partial charge in [0.15, 0.2) is 11.4 Å². The van der Waals surface area contributed by atoms with Crippen LogP contribution in [0.3, 0.4) is 0 Å². The Morgan fingerprint density at radius 2 is 2.14 bits per heavy atom. The minimum atomic E-state index is -1.48. The predicted molar refractivity (Wildman–Crippen MR) is 105 cm³/mol. The lowest BCUT2D eigenvalue weighted by atomic mass is 10.2. The van der Waals surface area contributed by atoms with Crippen LogP contribution < -0.4 is 10.4 Å². The summed E-state index contributed by atoms with van der Waals surface area (Å²) in [5, 5.41) is 23.1. The molecule has 0 aliphatic carbocycles. The van der Waals surface area contributed by atoms with Gasteiger partial charge in [-0.25, -0.2) is 9.78 Å². The van der Waals surface area contributed by atoms with E-state index in [0.29, 0.717) is 25.3 Å². The first-order chi connectivity index (χ1) is 13.8. The number of hydrogen-bond acceptors (Lipinski definition) is 8. The molecule has 0 fully saturated rings. The molecule has 3 rings (SSSR count). The molecule has 156 valence electrons. The fourth-order valence-electron chi connectivity index (χ4n) is 3.02. The van der Waals surface area contributed by atoms with Crippen LogP contribution >= 0.6 is 11.3 Å². The molecule has 0 atom stereocenters. The number of pyridine rings is 1. The van der Waals surface area contributed by atoms with Crippen LogP contribution in [-0.2, 0) is 11.3 Å². The van der Waals surface area contributed by atoms with E-state index in [-0.39, 0.29) is 25.0 Å². The van der Waals surface area contributed by atoms with Crippen molar-refractivity contribution in [3.05, 3.63) is 44.3 Å². The number of hydrogen-bond donors (Lipinski definition) is 2. The Balaban J connectivity index is 1.96. The number of carboxylic acids is 1. The minimum Gasteiger partial charge on any atom is -0.502 e. The average Bonchev–Trinajstić information content (AvgIpc) is 3.16. The Kier molecular flexibility index (Phi) is 6.18. The normalized spacial score (nSPS) is 13.8. The quantitative estimate of drug-likeness (QED) is 0.606. The van der Waals surface area contributed by atoms with E-state index in [4.69, 9.17) is 4.74 Å². The van der Waals surface area contributed by atoms with Gasteiger partial charge in [-0.05, 0) is 20.3 Å². The van der Waals surface area contributed by atoms with E-state index >= 15 is 0 Å². The maximum absolute atomic E-state index is 12.9. The van der Waals surface area contributed by atoms with Crippen molar-refractivity contribution in [2.24, 2.45) is 0 Å². The molecule has 0 bridgehead atoms. The SMILES string of the molecule is CC(C)OCCCN1CN(Cc2cscn2)n2cc(C(=O)O)c(=O)c(O)c2C1=O. The molecule has 0 saturated carbocycles. The highest BCUT2D eigenvalue weighted by atomic mass is 32.1. The Hall–Kier alpha value is -2.92. The van der Waals surface area contributed by atoms with Crippen LogP contribution in [-0.4, -0.2) is 62.6 Å². The molecule has 0 saturated heterocycles. The predicted octanol–water partition coefficient (Wildman–Crippen LogP) is 1.08. The van der Waals surface area contributed by atoms with Gasteiger partial charge in [0.1, 0.15) is 12.2 Å². The Bertz CT molecular complexity index is 956. The molecule has 1 aliphatic heterocycles. The van der Waals surface area contributed by atoms with Crippen molar-refractivity contribution in [3.63, 3.8) is 0 Å². The third-order valence-electron chi connectivity index (χ3n) is 4.37. The summed E-state index contributed by atoms with van der Waals surface area (Å²) < 4.78 is 6.74. The highest BCUT2D eigenvalue weighted by molar-refractivity contribution is 7.07. The third kappa shape index (κ3) is 4.40. The zero-order valence-corrected chi connectivity index (χ0v) is 16.9. The molecule has 1 amide bonds. The van der Waals surface area contributed by atoms with Gasteiger partial charge in [-0.3, -0.25) is 19.3 Å². The van der Waals surface area contributed by atoms with E-state index < -0.39 is 28.6 Å². The molecular weight excluding hydrogens is 400 g/mol. The van der Waals surface area contributed by atoms with Crippen molar-refractivity contribution in [1.82, 2.24) is 14.6 Å². The van der Waals surface area contributed by atoms with Crippen LogP contribution in [0, 0.1) is 0 Å². The average molecular weight is 422 g/mol. The number of aromatic carboxylic acids is 1. The first-order valence-electron chi connectivity index (χ1n) is 9.04. The second kappa shape index (κ2) is 8.62. The Labute approximate surface area is 170 Å². The first-order valence-corrected chi connectivity index (χ1v) is 9.99. The van der Waals surface area contributed by atoms with Crippen LogP contribution in [0.5, 0.6) is 5.75 Å². The lowest BCUT2D eigenvalue weighted by molar-refractivity contribution is 0.0563. The first kappa shape index (κ1) is 20.8. The van der Waals surface area contributed by atoms with Gasteiger partial charge in [-0.2, -0.15) is 0 Å². The van der Waals surface area contributed by atoms with Crippen molar-refractivity contribution in [2.45, 2.75) is 32.9 Å². The van der Waals surface area contributed by atoms with E-state index in [1.807, 2.05) is 19.2 Å². The van der Waals surface area contributed by atoms with Gasteiger partial charge in [-0.1, -0.05) is 0 Å². The number of rotatable bonds is 8. The van der Waals surface area contributed by atoms with Crippen molar-refractivity contribution < 1.29 is 24.5 Å². The Morgan fingerprint density at radius 3 is 2.76 bits per heavy atom. The standard InChI is InChI=1S/C18H22N4O6S/c1-11(2)28-5-3-4-20-10-21(6-12-8-29-9-19-12)22-7-13(18(26)27)15(23)16(24)14(22)17(20)25/h7-9,11,24H,3-6,10H2,1-2H3,(H,26,27). The van der Waals surface area contributed by atoms with Gasteiger partial charge in [0.05, 0.1) is 23.9 Å². The molecular formula is C18H22N4O6S. The van der Waals surface area contributed by atoms with Gasteiger partial charge >= 0.3 is 5.97 Å². The number of nitrogens with zero attached hydrogens (tertiary/aromatic N) is 4. The zero-order valence-electron chi connectivity index (χ0n) is 16.1. The molecule has 0 spiro atoms. The van der Waals surface area contributed by atoms with E-state index in [9.17, 15) is 24.6 Å².